The highest BCUT2D eigenvalue weighted by Crippen LogP contribution is 2.33. The van der Waals surface area contributed by atoms with Gasteiger partial charge < -0.3 is 10.1 Å². The molecular weight excluding hydrogens is 282 g/mol. The molecule has 1 aromatic carbocycles. The topological polar surface area (TPSA) is 84.8 Å². The van der Waals surface area contributed by atoms with Gasteiger partial charge in [-0.25, -0.2) is 0 Å². The second-order valence-electron chi connectivity index (χ2n) is 3.60. The number of alkyl halides is 2. The second-order valence-corrected chi connectivity index (χ2v) is 5.18. The third-order valence-electron chi connectivity index (χ3n) is 2.22. The fourth-order valence-corrected chi connectivity index (χ4v) is 2.80. The summed E-state index contributed by atoms with van der Waals surface area (Å²) in [5, 5.41) is 2.17. The molecule has 0 unspecified atom stereocenters. The standard InChI is InChI=1S/C10H8F2N2O4S/c1-5(15)13-9-8-6(18-10(11)12)3-2-4-7(8)19(16,17)14-9/h2-4,10H,1H3,(H,13,14,15). The van der Waals surface area contributed by atoms with E-state index in [0.717, 1.165) is 6.92 Å². The van der Waals surface area contributed by atoms with E-state index in [9.17, 15) is 22.0 Å². The van der Waals surface area contributed by atoms with Crippen LogP contribution in [0.1, 0.15) is 12.5 Å². The van der Waals surface area contributed by atoms with Gasteiger partial charge in [-0.2, -0.15) is 17.2 Å². The van der Waals surface area contributed by atoms with Crippen LogP contribution in [0.3, 0.4) is 0 Å². The smallest absolute Gasteiger partial charge is 0.387 e. The van der Waals surface area contributed by atoms with E-state index in [2.05, 4.69) is 14.5 Å². The van der Waals surface area contributed by atoms with Crippen LogP contribution in [0, 0.1) is 0 Å². The van der Waals surface area contributed by atoms with E-state index in [-0.39, 0.29) is 22.0 Å². The molecule has 1 N–H and O–H groups in total. The van der Waals surface area contributed by atoms with E-state index in [1.807, 2.05) is 0 Å². The number of nitrogens with one attached hydrogen (secondary N) is 1. The largest absolute Gasteiger partial charge is 0.434 e. The number of rotatable bonds is 2. The molecule has 0 atom stereocenters. The summed E-state index contributed by atoms with van der Waals surface area (Å²) in [6.07, 6.45) is 0. The molecule has 0 bridgehead atoms. The Hall–Kier alpha value is -2.03. The zero-order valence-corrected chi connectivity index (χ0v) is 10.4. The number of nitrogens with zero attached hydrogens (tertiary/aromatic N) is 1. The number of halogens is 2. The summed E-state index contributed by atoms with van der Waals surface area (Å²) in [5.74, 6) is -1.26. The average molecular weight is 290 g/mol. The van der Waals surface area contributed by atoms with Crippen LogP contribution in [0.2, 0.25) is 0 Å². The number of sulfonamides is 1. The van der Waals surface area contributed by atoms with Gasteiger partial charge in [0.1, 0.15) is 10.6 Å². The zero-order chi connectivity index (χ0) is 14.2. The number of amidine groups is 1. The number of carbonyl (C=O) groups excluding carboxylic acids is 1. The van der Waals surface area contributed by atoms with E-state index >= 15 is 0 Å². The number of hydrogen-bond acceptors (Lipinski definition) is 4. The van der Waals surface area contributed by atoms with Crippen molar-refractivity contribution in [1.29, 1.82) is 0 Å². The van der Waals surface area contributed by atoms with E-state index in [0.29, 0.717) is 0 Å². The number of ether oxygens (including phenoxy) is 1. The molecule has 0 aromatic heterocycles. The molecule has 0 saturated carbocycles. The molecular formula is C10H8F2N2O4S. The normalized spacial score (nSPS) is 15.9. The van der Waals surface area contributed by atoms with Crippen molar-refractivity contribution in [2.75, 3.05) is 0 Å². The van der Waals surface area contributed by atoms with Crippen molar-refractivity contribution < 1.29 is 26.7 Å². The van der Waals surface area contributed by atoms with Crippen molar-refractivity contribution in [2.24, 2.45) is 4.40 Å². The monoisotopic (exact) mass is 290 g/mol. The Morgan fingerprint density at radius 1 is 1.42 bits per heavy atom. The SMILES string of the molecule is CC(=O)NC1=NS(=O)(=O)c2cccc(OC(F)F)c21. The van der Waals surface area contributed by atoms with Crippen LogP contribution in [0.4, 0.5) is 8.78 Å². The van der Waals surface area contributed by atoms with E-state index in [4.69, 9.17) is 0 Å². The highest BCUT2D eigenvalue weighted by molar-refractivity contribution is 7.90. The second kappa shape index (κ2) is 4.57. The van der Waals surface area contributed by atoms with Crippen molar-refractivity contribution in [3.63, 3.8) is 0 Å². The number of fused-ring (bicyclic) bond motifs is 1. The Labute approximate surface area is 107 Å². The Kier molecular flexibility index (Phi) is 3.23. The van der Waals surface area contributed by atoms with Gasteiger partial charge >= 0.3 is 6.61 Å². The van der Waals surface area contributed by atoms with Crippen LogP contribution in [-0.4, -0.2) is 26.8 Å². The van der Waals surface area contributed by atoms with Crippen molar-refractivity contribution in [1.82, 2.24) is 5.32 Å². The first-order valence-corrected chi connectivity index (χ1v) is 6.46. The minimum Gasteiger partial charge on any atom is -0.434 e. The summed E-state index contributed by atoms with van der Waals surface area (Å²) in [4.78, 5) is 10.7. The minimum atomic E-state index is -4.01. The van der Waals surface area contributed by atoms with Gasteiger partial charge in [-0.3, -0.25) is 4.79 Å². The fourth-order valence-electron chi connectivity index (χ4n) is 1.62. The predicted octanol–water partition coefficient (Wildman–Crippen LogP) is 0.873. The summed E-state index contributed by atoms with van der Waals surface area (Å²) in [5.41, 5.74) is -0.169. The van der Waals surface area contributed by atoms with Crippen LogP contribution in [0.15, 0.2) is 27.5 Å². The Bertz CT molecular complexity index is 670. The van der Waals surface area contributed by atoms with Crippen LogP contribution >= 0.6 is 0 Å². The quantitative estimate of drug-likeness (QED) is 0.876. The first-order chi connectivity index (χ1) is 8.81. The average Bonchev–Trinajstić information content (AvgIpc) is 2.50. The summed E-state index contributed by atoms with van der Waals surface area (Å²) in [6.45, 7) is -1.97. The summed E-state index contributed by atoms with van der Waals surface area (Å²) >= 11 is 0. The number of hydrogen-bond donors (Lipinski definition) is 1. The molecule has 102 valence electrons. The zero-order valence-electron chi connectivity index (χ0n) is 9.55. The van der Waals surface area contributed by atoms with Gasteiger partial charge in [0.25, 0.3) is 10.0 Å². The third kappa shape index (κ3) is 2.55. The molecule has 0 saturated heterocycles. The molecule has 0 fully saturated rings. The predicted molar refractivity (Wildman–Crippen MR) is 60.6 cm³/mol. The van der Waals surface area contributed by atoms with Gasteiger partial charge in [-0.05, 0) is 12.1 Å². The van der Waals surface area contributed by atoms with Crippen molar-refractivity contribution in [3.8, 4) is 5.75 Å². The Morgan fingerprint density at radius 2 is 2.11 bits per heavy atom. The van der Waals surface area contributed by atoms with Gasteiger partial charge in [0.05, 0.1) is 5.56 Å². The van der Waals surface area contributed by atoms with Crippen molar-refractivity contribution in [3.05, 3.63) is 23.8 Å². The molecule has 1 aliphatic heterocycles. The summed E-state index contributed by atoms with van der Waals surface area (Å²) < 4.78 is 55.5. The van der Waals surface area contributed by atoms with Gasteiger partial charge in [-0.1, -0.05) is 6.07 Å². The number of carbonyl (C=O) groups is 1. The van der Waals surface area contributed by atoms with Gasteiger partial charge in [0, 0.05) is 6.92 Å². The van der Waals surface area contributed by atoms with Crippen LogP contribution in [-0.2, 0) is 14.8 Å². The molecule has 0 radical (unpaired) electrons. The number of benzene rings is 1. The lowest BCUT2D eigenvalue weighted by atomic mass is 10.2. The maximum absolute atomic E-state index is 12.3. The van der Waals surface area contributed by atoms with Gasteiger partial charge in [0.2, 0.25) is 5.91 Å². The van der Waals surface area contributed by atoms with E-state index in [1.54, 1.807) is 0 Å². The Morgan fingerprint density at radius 3 is 2.68 bits per heavy atom. The molecule has 1 heterocycles. The van der Waals surface area contributed by atoms with Gasteiger partial charge in [0.15, 0.2) is 5.84 Å². The molecule has 2 rings (SSSR count). The van der Waals surface area contributed by atoms with Crippen LogP contribution in [0.5, 0.6) is 5.75 Å². The first-order valence-electron chi connectivity index (χ1n) is 5.02. The highest BCUT2D eigenvalue weighted by atomic mass is 32.2. The molecule has 9 heteroatoms. The van der Waals surface area contributed by atoms with Crippen LogP contribution < -0.4 is 10.1 Å². The van der Waals surface area contributed by atoms with Crippen molar-refractivity contribution >= 4 is 21.8 Å². The lowest BCUT2D eigenvalue weighted by Gasteiger charge is -2.10. The summed E-state index contributed by atoms with van der Waals surface area (Å²) in [6, 6.07) is 3.62. The maximum Gasteiger partial charge on any atom is 0.387 e. The lowest BCUT2D eigenvalue weighted by Crippen LogP contribution is -2.28. The van der Waals surface area contributed by atoms with E-state index in [1.165, 1.54) is 18.2 Å². The Balaban J connectivity index is 2.59. The molecule has 6 nitrogen and oxygen atoms in total. The number of amides is 1. The lowest BCUT2D eigenvalue weighted by molar-refractivity contribution is -0.117. The fraction of sp³-hybridized carbons (Fsp3) is 0.200. The minimum absolute atomic E-state index is 0.169. The van der Waals surface area contributed by atoms with E-state index < -0.39 is 22.5 Å². The molecule has 19 heavy (non-hydrogen) atoms. The molecule has 0 aliphatic carbocycles. The molecule has 1 aliphatic rings. The van der Waals surface area contributed by atoms with Crippen LogP contribution in [0.25, 0.3) is 0 Å². The third-order valence-corrected chi connectivity index (χ3v) is 3.54. The van der Waals surface area contributed by atoms with Gasteiger partial charge in [-0.15, -0.1) is 4.40 Å². The highest BCUT2D eigenvalue weighted by Gasteiger charge is 2.33. The molecule has 1 amide bonds. The maximum atomic E-state index is 12.3. The first kappa shape index (κ1) is 13.4. The summed E-state index contributed by atoms with van der Waals surface area (Å²) in [7, 11) is -4.01. The molecule has 0 spiro atoms. The molecule has 1 aromatic rings. The van der Waals surface area contributed by atoms with Crippen molar-refractivity contribution in [2.45, 2.75) is 18.4 Å².